The number of aryl methyl sites for hydroxylation is 1. The third-order valence-electron chi connectivity index (χ3n) is 8.21. The number of fused-ring (bicyclic) bond motifs is 3. The van der Waals surface area contributed by atoms with Crippen LogP contribution in [0.25, 0.3) is 0 Å². The number of aromatic nitrogens is 1. The van der Waals surface area contributed by atoms with E-state index in [1.54, 1.807) is 0 Å². The van der Waals surface area contributed by atoms with Crippen LogP contribution in [0.4, 0.5) is 17.2 Å². The molecule has 0 spiro atoms. The van der Waals surface area contributed by atoms with Crippen LogP contribution in [-0.2, 0) is 24.3 Å². The number of hydrogen-bond acceptors (Lipinski definition) is 7. The molecule has 2 fully saturated rings. The summed E-state index contributed by atoms with van der Waals surface area (Å²) in [6.45, 7) is 6.64. The molecule has 1 aliphatic carbocycles. The Kier molecular flexibility index (Phi) is 6.52. The van der Waals surface area contributed by atoms with E-state index in [1.807, 2.05) is 23.3 Å². The van der Waals surface area contributed by atoms with Crippen LogP contribution in [0, 0.1) is 13.8 Å². The van der Waals surface area contributed by atoms with E-state index >= 15 is 0 Å². The number of hydrazine groups is 1. The maximum Gasteiger partial charge on any atom is 0.216 e. The van der Waals surface area contributed by atoms with Gasteiger partial charge in [0.2, 0.25) is 4.90 Å². The molecule has 3 heterocycles. The van der Waals surface area contributed by atoms with Crippen LogP contribution in [0.2, 0.25) is 0 Å². The second-order valence-electron chi connectivity index (χ2n) is 10.7. The maximum absolute atomic E-state index is 13.7. The Hall–Kier alpha value is -2.78. The summed E-state index contributed by atoms with van der Waals surface area (Å²) < 4.78 is 15.9. The van der Waals surface area contributed by atoms with E-state index in [-0.39, 0.29) is 0 Å². The number of pyridine rings is 1. The molecule has 6 rings (SSSR count). The molecule has 2 atom stereocenters. The van der Waals surface area contributed by atoms with Crippen molar-refractivity contribution in [3.8, 4) is 0 Å². The zero-order valence-corrected chi connectivity index (χ0v) is 22.5. The highest BCUT2D eigenvalue weighted by molar-refractivity contribution is 7.89. The fourth-order valence-electron chi connectivity index (χ4n) is 5.74. The minimum absolute atomic E-state index is 0.352. The molecule has 3 aliphatic rings. The van der Waals surface area contributed by atoms with Gasteiger partial charge in [-0.15, -0.1) is 4.31 Å². The van der Waals surface area contributed by atoms with E-state index in [0.29, 0.717) is 18.6 Å². The van der Waals surface area contributed by atoms with Crippen molar-refractivity contribution in [2.45, 2.75) is 69.5 Å². The molecule has 7 nitrogen and oxygen atoms in total. The lowest BCUT2D eigenvalue weighted by molar-refractivity contribution is 0.382. The van der Waals surface area contributed by atoms with Crippen LogP contribution in [0.3, 0.4) is 0 Å². The van der Waals surface area contributed by atoms with Crippen molar-refractivity contribution in [3.63, 3.8) is 0 Å². The van der Waals surface area contributed by atoms with Gasteiger partial charge in [-0.25, -0.2) is 10.8 Å². The minimum Gasteiger partial charge on any atom is -0.593 e. The fourth-order valence-corrected chi connectivity index (χ4v) is 7.11. The predicted molar refractivity (Wildman–Crippen MR) is 151 cm³/mol. The van der Waals surface area contributed by atoms with Gasteiger partial charge in [-0.3, -0.25) is 0 Å². The summed E-state index contributed by atoms with van der Waals surface area (Å²) in [6, 6.07) is 15.5. The van der Waals surface area contributed by atoms with Gasteiger partial charge in [-0.1, -0.05) is 24.3 Å². The zero-order chi connectivity index (χ0) is 25.7. The number of nitrogens with two attached hydrogens (primary N) is 2. The fraction of sp³-hybridized carbons (Fsp3) is 0.414. The molecule has 0 amide bonds. The SMILES string of the molecule is Cc1ccc(Cc2ccc(N(N)C3CC3)c(N)c2C)cc1CN1CC2CCCN2c2ncccc2[S+]1[O-]. The lowest BCUT2D eigenvalue weighted by Crippen LogP contribution is -2.39. The Morgan fingerprint density at radius 1 is 1.11 bits per heavy atom. The molecule has 0 bridgehead atoms. The molecule has 1 aromatic heterocycles. The van der Waals surface area contributed by atoms with E-state index in [9.17, 15) is 4.55 Å². The minimum atomic E-state index is -1.25. The zero-order valence-electron chi connectivity index (χ0n) is 21.7. The first-order valence-corrected chi connectivity index (χ1v) is 14.4. The first-order valence-electron chi connectivity index (χ1n) is 13.3. The Balaban J connectivity index is 1.25. The Morgan fingerprint density at radius 3 is 2.76 bits per heavy atom. The molecule has 2 unspecified atom stereocenters. The molecular weight excluding hydrogens is 480 g/mol. The van der Waals surface area contributed by atoms with Gasteiger partial charge in [-0.05, 0) is 85.9 Å². The highest BCUT2D eigenvalue weighted by atomic mass is 32.2. The van der Waals surface area contributed by atoms with Gasteiger partial charge in [-0.2, -0.15) is 0 Å². The quantitative estimate of drug-likeness (QED) is 0.219. The second-order valence-corrected chi connectivity index (χ2v) is 12.2. The maximum atomic E-state index is 13.7. The van der Waals surface area contributed by atoms with Gasteiger partial charge in [0.25, 0.3) is 0 Å². The second kappa shape index (κ2) is 9.83. The average Bonchev–Trinajstić information content (AvgIpc) is 3.67. The van der Waals surface area contributed by atoms with Crippen LogP contribution < -0.4 is 21.5 Å². The first-order chi connectivity index (χ1) is 17.9. The summed E-state index contributed by atoms with van der Waals surface area (Å²) in [6.07, 6.45) is 7.13. The molecular formula is C29H36N6OS. The van der Waals surface area contributed by atoms with Gasteiger partial charge in [0.1, 0.15) is 0 Å². The molecule has 0 radical (unpaired) electrons. The summed E-state index contributed by atoms with van der Waals surface area (Å²) in [4.78, 5) is 7.81. The van der Waals surface area contributed by atoms with Gasteiger partial charge in [0.15, 0.2) is 5.82 Å². The van der Waals surface area contributed by atoms with Gasteiger partial charge >= 0.3 is 0 Å². The molecule has 2 aromatic carbocycles. The molecule has 8 heteroatoms. The highest BCUT2D eigenvalue weighted by Gasteiger charge is 2.40. The summed E-state index contributed by atoms with van der Waals surface area (Å²) in [7, 11) is 0. The molecule has 37 heavy (non-hydrogen) atoms. The van der Waals surface area contributed by atoms with Crippen LogP contribution in [0.5, 0.6) is 0 Å². The van der Waals surface area contributed by atoms with Crippen molar-refractivity contribution in [3.05, 3.63) is 76.5 Å². The average molecular weight is 517 g/mol. The number of hydrogen-bond donors (Lipinski definition) is 2. The topological polar surface area (TPSA) is 97.7 Å². The number of nitrogens with zero attached hydrogens (tertiary/aromatic N) is 4. The normalized spacial score (nSPS) is 21.5. The van der Waals surface area contributed by atoms with Crippen molar-refractivity contribution < 1.29 is 4.55 Å². The van der Waals surface area contributed by atoms with Crippen LogP contribution in [0.15, 0.2) is 53.6 Å². The molecule has 1 saturated carbocycles. The van der Waals surface area contributed by atoms with E-state index in [2.05, 4.69) is 58.4 Å². The van der Waals surface area contributed by atoms with Crippen molar-refractivity contribution in [2.75, 3.05) is 28.7 Å². The smallest absolute Gasteiger partial charge is 0.216 e. The largest absolute Gasteiger partial charge is 0.593 e. The number of nitrogen functional groups attached to an aromatic ring is 1. The molecule has 1 saturated heterocycles. The molecule has 3 aromatic rings. The number of benzene rings is 2. The first kappa shape index (κ1) is 24.6. The lowest BCUT2D eigenvalue weighted by atomic mass is 9.96. The van der Waals surface area contributed by atoms with E-state index in [1.165, 1.54) is 22.3 Å². The summed E-state index contributed by atoms with van der Waals surface area (Å²) >= 11 is -1.25. The summed E-state index contributed by atoms with van der Waals surface area (Å²) in [5.74, 6) is 7.19. The third-order valence-corrected chi connectivity index (χ3v) is 9.66. The van der Waals surface area contributed by atoms with Gasteiger partial charge in [0, 0.05) is 30.9 Å². The summed E-state index contributed by atoms with van der Waals surface area (Å²) in [5, 5.41) is 1.83. The van der Waals surface area contributed by atoms with E-state index in [0.717, 1.165) is 72.8 Å². The predicted octanol–water partition coefficient (Wildman–Crippen LogP) is 4.22. The van der Waals surface area contributed by atoms with Gasteiger partial charge < -0.3 is 20.2 Å². The van der Waals surface area contributed by atoms with Crippen LogP contribution >= 0.6 is 0 Å². The Labute approximate surface area is 222 Å². The monoisotopic (exact) mass is 516 g/mol. The third kappa shape index (κ3) is 4.68. The highest BCUT2D eigenvalue weighted by Crippen LogP contribution is 2.37. The van der Waals surface area contributed by atoms with Crippen LogP contribution in [-0.4, -0.2) is 39.0 Å². The Morgan fingerprint density at radius 2 is 1.95 bits per heavy atom. The number of anilines is 3. The van der Waals surface area contributed by atoms with E-state index < -0.39 is 11.4 Å². The van der Waals surface area contributed by atoms with Crippen molar-refractivity contribution in [1.82, 2.24) is 9.29 Å². The van der Waals surface area contributed by atoms with Crippen molar-refractivity contribution >= 4 is 28.6 Å². The molecule has 194 valence electrons. The van der Waals surface area contributed by atoms with Gasteiger partial charge in [0.05, 0.1) is 35.8 Å². The summed E-state index contributed by atoms with van der Waals surface area (Å²) in [5.41, 5.74) is 14.2. The Bertz CT molecular complexity index is 1310. The molecule has 2 aliphatic heterocycles. The molecule has 4 N–H and O–H groups in total. The number of rotatable bonds is 6. The van der Waals surface area contributed by atoms with Crippen molar-refractivity contribution in [1.29, 1.82) is 0 Å². The van der Waals surface area contributed by atoms with E-state index in [4.69, 9.17) is 11.6 Å². The lowest BCUT2D eigenvalue weighted by Gasteiger charge is -2.26. The van der Waals surface area contributed by atoms with Crippen molar-refractivity contribution in [2.24, 2.45) is 5.84 Å². The van der Waals surface area contributed by atoms with Crippen LogP contribution in [0.1, 0.15) is 53.5 Å². The standard InChI is InChI=1S/C29H36N6OS/c1-19-7-8-21(15-22-9-12-26(28(30)20(22)2)35(31)24-10-11-24)16-23(19)17-33-18-25-5-4-14-34(25)29-27(37(33)36)6-3-13-32-29/h3,6-9,12-13,16,24-25H,4-5,10-11,14-15,17-18,30-31H2,1-2H3.